The lowest BCUT2D eigenvalue weighted by atomic mass is 9.43. The van der Waals surface area contributed by atoms with Crippen LogP contribution >= 0.6 is 0 Å². The Morgan fingerprint density at radius 3 is 2.42 bits per heavy atom. The summed E-state index contributed by atoms with van der Waals surface area (Å²) >= 11 is 0. The molecule has 2 aliphatic heterocycles. The van der Waals surface area contributed by atoms with E-state index in [9.17, 15) is 19.5 Å². The average Bonchev–Trinajstić information content (AvgIpc) is 3.68. The first-order valence-corrected chi connectivity index (χ1v) is 15.7. The van der Waals surface area contributed by atoms with Gasteiger partial charge in [0.15, 0.2) is 5.78 Å². The lowest BCUT2D eigenvalue weighted by Crippen LogP contribution is -2.65. The zero-order chi connectivity index (χ0) is 28.6. The Kier molecular flexibility index (Phi) is 5.80. The van der Waals surface area contributed by atoms with Crippen molar-refractivity contribution < 1.29 is 33.7 Å². The lowest BCUT2D eigenvalue weighted by Gasteiger charge is -2.59. The van der Waals surface area contributed by atoms with Crippen LogP contribution in [0.4, 0.5) is 0 Å². The van der Waals surface area contributed by atoms with Crippen LogP contribution in [0.2, 0.25) is 0 Å². The second-order valence-corrected chi connectivity index (χ2v) is 15.4. The molecule has 0 radical (unpaired) electrons. The first-order valence-electron chi connectivity index (χ1n) is 15.7. The van der Waals surface area contributed by atoms with E-state index < -0.39 is 16.4 Å². The number of hydrogen-bond acceptors (Lipinski definition) is 7. The second-order valence-electron chi connectivity index (χ2n) is 15.4. The molecule has 0 amide bonds. The molecule has 0 bridgehead atoms. The molecule has 7 heteroatoms. The average molecular weight is 555 g/mol. The molecule has 6 fully saturated rings. The topological polar surface area (TPSA) is 102 Å². The highest BCUT2D eigenvalue weighted by Gasteiger charge is 2.82. The van der Waals surface area contributed by atoms with Gasteiger partial charge in [0.05, 0.1) is 35.2 Å². The van der Waals surface area contributed by atoms with Crippen LogP contribution in [-0.2, 0) is 28.6 Å². The van der Waals surface area contributed by atoms with Gasteiger partial charge in [0.2, 0.25) is 0 Å². The van der Waals surface area contributed by atoms with Gasteiger partial charge in [-0.3, -0.25) is 9.59 Å². The summed E-state index contributed by atoms with van der Waals surface area (Å²) in [7, 11) is 0. The monoisotopic (exact) mass is 554 g/mol. The summed E-state index contributed by atoms with van der Waals surface area (Å²) in [5.41, 5.74) is -0.0870. The van der Waals surface area contributed by atoms with Crippen LogP contribution in [0.15, 0.2) is 11.1 Å². The van der Waals surface area contributed by atoms with Gasteiger partial charge in [-0.15, -0.1) is 0 Å². The van der Waals surface area contributed by atoms with Gasteiger partial charge in [0.1, 0.15) is 23.6 Å². The molecule has 0 aromatic rings. The number of ether oxygens (including phenoxy) is 3. The van der Waals surface area contributed by atoms with E-state index in [4.69, 9.17) is 14.2 Å². The number of carbonyl (C=O) groups excluding carboxylic acids is 3. The molecule has 1 spiro atoms. The van der Waals surface area contributed by atoms with Crippen LogP contribution in [0.5, 0.6) is 0 Å². The van der Waals surface area contributed by atoms with Crippen LogP contribution in [-0.4, -0.2) is 59.3 Å². The van der Waals surface area contributed by atoms with Gasteiger partial charge < -0.3 is 19.3 Å². The summed E-state index contributed by atoms with van der Waals surface area (Å²) in [6.07, 6.45) is 6.42. The fourth-order valence-corrected chi connectivity index (χ4v) is 11.1. The van der Waals surface area contributed by atoms with E-state index in [0.29, 0.717) is 48.4 Å². The highest BCUT2D eigenvalue weighted by Crippen LogP contribution is 2.74. The number of carbonyl (C=O) groups is 3. The largest absolute Gasteiger partial charge is 0.458 e. The minimum Gasteiger partial charge on any atom is -0.458 e. The quantitative estimate of drug-likeness (QED) is 0.392. The van der Waals surface area contributed by atoms with Crippen molar-refractivity contribution in [2.45, 2.75) is 123 Å². The number of esters is 1. The number of Topliss-reactive ketones (excluding diaryl/α,β-unsaturated/α-hetero) is 2. The summed E-state index contributed by atoms with van der Waals surface area (Å²) in [5, 5.41) is 9.60. The fraction of sp³-hybridized carbons (Fsp3) is 0.848. The minimum absolute atomic E-state index is 0.0211. The van der Waals surface area contributed by atoms with E-state index in [1.54, 1.807) is 0 Å². The second kappa shape index (κ2) is 8.50. The maximum atomic E-state index is 13.9. The summed E-state index contributed by atoms with van der Waals surface area (Å²) in [6, 6.07) is 0. The van der Waals surface area contributed by atoms with Crippen LogP contribution < -0.4 is 0 Å². The number of hydrogen-bond donors (Lipinski definition) is 1. The van der Waals surface area contributed by atoms with Crippen molar-refractivity contribution >= 4 is 17.5 Å². The molecule has 220 valence electrons. The Morgan fingerprint density at radius 2 is 1.77 bits per heavy atom. The van der Waals surface area contributed by atoms with E-state index in [2.05, 4.69) is 20.8 Å². The number of ketones is 2. The van der Waals surface area contributed by atoms with E-state index >= 15 is 0 Å². The van der Waals surface area contributed by atoms with Crippen LogP contribution in [0, 0.1) is 45.8 Å². The number of aliphatic hydroxyl groups is 1. The third-order valence-corrected chi connectivity index (χ3v) is 13.7. The Labute approximate surface area is 237 Å². The van der Waals surface area contributed by atoms with Crippen molar-refractivity contribution in [3.63, 3.8) is 0 Å². The molecular weight excluding hydrogens is 508 g/mol. The number of epoxide rings is 1. The van der Waals surface area contributed by atoms with Crippen molar-refractivity contribution in [2.75, 3.05) is 6.61 Å². The van der Waals surface area contributed by atoms with Crippen molar-refractivity contribution in [3.8, 4) is 0 Å². The maximum absolute atomic E-state index is 13.9. The number of rotatable bonds is 5. The Balaban J connectivity index is 1.13. The zero-order valence-electron chi connectivity index (χ0n) is 25.0. The van der Waals surface area contributed by atoms with Crippen molar-refractivity contribution in [3.05, 3.63) is 11.1 Å². The van der Waals surface area contributed by atoms with Gasteiger partial charge >= 0.3 is 5.97 Å². The van der Waals surface area contributed by atoms with Gasteiger partial charge in [-0.25, -0.2) is 4.79 Å². The van der Waals surface area contributed by atoms with Gasteiger partial charge in [0, 0.05) is 12.8 Å². The highest BCUT2D eigenvalue weighted by molar-refractivity contribution is 6.05. The van der Waals surface area contributed by atoms with Crippen LogP contribution in [0.25, 0.3) is 0 Å². The molecule has 0 aromatic heterocycles. The first kappa shape index (κ1) is 27.3. The molecule has 12 unspecified atom stereocenters. The van der Waals surface area contributed by atoms with Crippen molar-refractivity contribution in [1.29, 1.82) is 0 Å². The number of cyclic esters (lactones) is 1. The van der Waals surface area contributed by atoms with Gasteiger partial charge in [-0.1, -0.05) is 19.4 Å². The minimum atomic E-state index is -0.577. The molecular formula is C33H46O7. The standard InChI is InChI=1S/C33H46O7/c1-16-13-23(38-29(37)19(16)15-34)17(2)20-7-8-21-18-14-26-33(40-26)25(39-28-27(36)30(28,3)4)10-9-24(35)32(33,6)22(18)11-12-31(20,21)5/h17-18,20-23,25-26,28,34H,7-15H2,1-6H3. The summed E-state index contributed by atoms with van der Waals surface area (Å²) in [6.45, 7) is 12.5. The van der Waals surface area contributed by atoms with Crippen molar-refractivity contribution in [1.82, 2.24) is 0 Å². The molecule has 2 heterocycles. The Hall–Kier alpha value is -1.57. The Bertz CT molecular complexity index is 1200. The van der Waals surface area contributed by atoms with Gasteiger partial charge in [0.25, 0.3) is 0 Å². The van der Waals surface area contributed by atoms with Crippen LogP contribution in [0.3, 0.4) is 0 Å². The number of fused-ring (bicyclic) bond motifs is 4. The molecule has 5 saturated carbocycles. The highest BCUT2D eigenvalue weighted by atomic mass is 16.6. The smallest absolute Gasteiger partial charge is 0.336 e. The predicted molar refractivity (Wildman–Crippen MR) is 146 cm³/mol. The van der Waals surface area contributed by atoms with Crippen molar-refractivity contribution in [2.24, 2.45) is 45.8 Å². The SMILES string of the molecule is CC1=C(CO)C(=O)OC(C(C)C2CCC3C4CC5OC56C(OC5C(=O)C5(C)C)CCC(=O)C6(C)C4CCC23C)C1. The molecule has 0 aromatic carbocycles. The zero-order valence-corrected chi connectivity index (χ0v) is 25.0. The third kappa shape index (κ3) is 3.26. The molecule has 12 atom stereocenters. The molecule has 7 rings (SSSR count). The molecule has 1 N–H and O–H groups in total. The van der Waals surface area contributed by atoms with E-state index in [0.717, 1.165) is 37.7 Å². The summed E-state index contributed by atoms with van der Waals surface area (Å²) in [5.74, 6) is 2.01. The first-order chi connectivity index (χ1) is 18.8. The Morgan fingerprint density at radius 1 is 1.05 bits per heavy atom. The summed E-state index contributed by atoms with van der Waals surface area (Å²) in [4.78, 5) is 38.9. The molecule has 7 aliphatic rings. The summed E-state index contributed by atoms with van der Waals surface area (Å²) < 4.78 is 19.0. The predicted octanol–water partition coefficient (Wildman–Crippen LogP) is 4.58. The lowest BCUT2D eigenvalue weighted by molar-refractivity contribution is -0.174. The van der Waals surface area contributed by atoms with Gasteiger partial charge in [-0.2, -0.15) is 0 Å². The molecule has 40 heavy (non-hydrogen) atoms. The fourth-order valence-electron chi connectivity index (χ4n) is 11.1. The molecule has 7 nitrogen and oxygen atoms in total. The van der Waals surface area contributed by atoms with E-state index in [1.807, 2.05) is 20.8 Å². The van der Waals surface area contributed by atoms with E-state index in [1.165, 1.54) is 0 Å². The normalized spacial score (nSPS) is 51.3. The van der Waals surface area contributed by atoms with Gasteiger partial charge in [-0.05, 0) is 101 Å². The number of aliphatic hydroxyl groups excluding tert-OH is 1. The molecule has 1 saturated heterocycles. The third-order valence-electron chi connectivity index (χ3n) is 13.7. The molecule has 5 aliphatic carbocycles. The van der Waals surface area contributed by atoms with E-state index in [-0.39, 0.29) is 60.0 Å². The maximum Gasteiger partial charge on any atom is 0.336 e. The van der Waals surface area contributed by atoms with Crippen LogP contribution in [0.1, 0.15) is 92.9 Å².